The molecular weight excluding hydrogens is 252 g/mol. The van der Waals surface area contributed by atoms with Gasteiger partial charge in [0, 0.05) is 11.6 Å². The second-order valence-electron chi connectivity index (χ2n) is 3.53. The third-order valence-electron chi connectivity index (χ3n) is 1.91. The van der Waals surface area contributed by atoms with Crippen LogP contribution in [0.1, 0.15) is 12.5 Å². The van der Waals surface area contributed by atoms with Crippen molar-refractivity contribution >= 4 is 35.9 Å². The van der Waals surface area contributed by atoms with E-state index in [1.165, 1.54) is 18.7 Å². The van der Waals surface area contributed by atoms with Crippen LogP contribution in [-0.2, 0) is 17.4 Å². The minimum Gasteiger partial charge on any atom is -0.766 e. The van der Waals surface area contributed by atoms with Gasteiger partial charge in [0.25, 0.3) is 5.70 Å². The molecule has 1 aromatic heterocycles. The molecule has 0 aliphatic carbocycles. The Morgan fingerprint density at radius 2 is 2.35 bits per heavy atom. The predicted octanol–water partition coefficient (Wildman–Crippen LogP) is 1.80. The predicted molar refractivity (Wildman–Crippen MR) is 70.7 cm³/mol. The largest absolute Gasteiger partial charge is 0.766 e. The monoisotopic (exact) mass is 264 g/mol. The fraction of sp³-hybridized carbons (Fsp3) is 0.250. The van der Waals surface area contributed by atoms with Crippen LogP contribution in [-0.4, -0.2) is 11.5 Å². The van der Waals surface area contributed by atoms with Gasteiger partial charge in [0.15, 0.2) is 18.5 Å². The number of hydrogen-bond donors (Lipinski definition) is 0. The lowest BCUT2D eigenvalue weighted by molar-refractivity contribution is -0.578. The maximum atomic E-state index is 10.9. The van der Waals surface area contributed by atoms with Crippen LogP contribution in [0.4, 0.5) is 0 Å². The van der Waals surface area contributed by atoms with Crippen LogP contribution in [0.5, 0.6) is 0 Å². The number of pyridine rings is 1. The van der Waals surface area contributed by atoms with Crippen molar-refractivity contribution in [1.82, 2.24) is 0 Å². The minimum atomic E-state index is 0.0453. The number of thioether (sulfide) groups is 1. The normalized spacial score (nSPS) is 11.6. The molecule has 0 unspecified atom stereocenters. The highest BCUT2D eigenvalue weighted by Gasteiger charge is 2.10. The van der Waals surface area contributed by atoms with E-state index in [1.54, 1.807) is 10.8 Å². The lowest BCUT2D eigenvalue weighted by Crippen LogP contribution is -2.31. The first-order valence-corrected chi connectivity index (χ1v) is 6.36. The Bertz CT molecular complexity index is 503. The highest BCUT2D eigenvalue weighted by molar-refractivity contribution is 8.11. The molecule has 3 nitrogen and oxygen atoms in total. The summed E-state index contributed by atoms with van der Waals surface area (Å²) in [6.07, 6.45) is 3.60. The van der Waals surface area contributed by atoms with E-state index in [2.05, 4.69) is 6.07 Å². The number of carbonyl (C=O) groups excluding carboxylic acids is 1. The van der Waals surface area contributed by atoms with E-state index in [-0.39, 0.29) is 5.78 Å². The third kappa shape index (κ3) is 4.17. The van der Waals surface area contributed by atoms with E-state index in [0.717, 1.165) is 5.56 Å². The van der Waals surface area contributed by atoms with Gasteiger partial charge in [-0.05, 0) is 19.9 Å². The van der Waals surface area contributed by atoms with Crippen LogP contribution in [0.3, 0.4) is 0 Å². The Kier molecular flexibility index (Phi) is 5.13. The fourth-order valence-electron chi connectivity index (χ4n) is 1.18. The van der Waals surface area contributed by atoms with Crippen molar-refractivity contribution in [3.8, 4) is 6.07 Å². The van der Waals surface area contributed by atoms with Crippen LogP contribution in [0.25, 0.3) is 5.70 Å². The Labute approximate surface area is 111 Å². The zero-order chi connectivity index (χ0) is 12.8. The van der Waals surface area contributed by atoms with Gasteiger partial charge in [0.1, 0.15) is 5.78 Å². The van der Waals surface area contributed by atoms with Gasteiger partial charge < -0.3 is 12.6 Å². The van der Waals surface area contributed by atoms with E-state index < -0.39 is 0 Å². The Hall–Kier alpha value is -1.38. The molecule has 1 rings (SSSR count). The summed E-state index contributed by atoms with van der Waals surface area (Å²) in [4.78, 5) is 10.9. The summed E-state index contributed by atoms with van der Waals surface area (Å²) >= 11 is 6.37. The maximum absolute atomic E-state index is 10.9. The first-order chi connectivity index (χ1) is 8.04. The second kappa shape index (κ2) is 6.38. The summed E-state index contributed by atoms with van der Waals surface area (Å²) in [6.45, 7) is 3.44. The van der Waals surface area contributed by atoms with Crippen LogP contribution in [0.15, 0.2) is 28.8 Å². The van der Waals surface area contributed by atoms with E-state index in [4.69, 9.17) is 17.9 Å². The first-order valence-electron chi connectivity index (χ1n) is 4.96. The molecule has 0 radical (unpaired) electrons. The molecule has 0 aliphatic heterocycles. The molecule has 5 heteroatoms. The molecular formula is C12H12N2OS2. The van der Waals surface area contributed by atoms with Gasteiger partial charge in [-0.25, -0.2) is 0 Å². The quantitative estimate of drug-likeness (QED) is 0.472. The molecule has 0 atom stereocenters. The minimum absolute atomic E-state index is 0.0453. The average Bonchev–Trinajstić information content (AvgIpc) is 2.27. The van der Waals surface area contributed by atoms with Crippen LogP contribution >= 0.6 is 11.8 Å². The van der Waals surface area contributed by atoms with Crippen LogP contribution < -0.4 is 4.57 Å². The summed E-state index contributed by atoms with van der Waals surface area (Å²) in [5.41, 5.74) is 1.43. The zero-order valence-corrected chi connectivity index (χ0v) is 11.3. The van der Waals surface area contributed by atoms with Crippen molar-refractivity contribution < 1.29 is 9.36 Å². The van der Waals surface area contributed by atoms with Crippen LogP contribution in [0, 0.1) is 18.3 Å². The Morgan fingerprint density at radius 1 is 1.65 bits per heavy atom. The second-order valence-corrected chi connectivity index (χ2v) is 5.18. The first kappa shape index (κ1) is 13.7. The number of Topliss-reactive ketones (excluding diaryl/α,β-unsaturated/α-hetero) is 1. The maximum Gasteiger partial charge on any atom is 0.275 e. The summed E-state index contributed by atoms with van der Waals surface area (Å²) in [7, 11) is 0. The van der Waals surface area contributed by atoms with Gasteiger partial charge in [-0.2, -0.15) is 9.83 Å². The Balaban J connectivity index is 3.02. The third-order valence-corrected chi connectivity index (χ3v) is 3.47. The lowest BCUT2D eigenvalue weighted by atomic mass is 10.3. The van der Waals surface area contributed by atoms with Gasteiger partial charge in [-0.15, -0.1) is 11.8 Å². The van der Waals surface area contributed by atoms with Gasteiger partial charge in [0.2, 0.25) is 0 Å². The molecule has 0 amide bonds. The number of aryl methyl sites for hydroxylation is 1. The zero-order valence-electron chi connectivity index (χ0n) is 9.64. The number of hydrogen-bond acceptors (Lipinski definition) is 4. The molecule has 17 heavy (non-hydrogen) atoms. The van der Waals surface area contributed by atoms with Crippen molar-refractivity contribution in [3.05, 3.63) is 34.3 Å². The van der Waals surface area contributed by atoms with Crippen molar-refractivity contribution in [1.29, 1.82) is 5.26 Å². The van der Waals surface area contributed by atoms with E-state index in [1.807, 2.05) is 25.3 Å². The topological polar surface area (TPSA) is 44.7 Å². The summed E-state index contributed by atoms with van der Waals surface area (Å²) in [6, 6.07) is 5.87. The number of carbonyl (C=O) groups is 1. The lowest BCUT2D eigenvalue weighted by Gasteiger charge is -2.09. The molecule has 1 aromatic rings. The van der Waals surface area contributed by atoms with Crippen molar-refractivity contribution in [2.45, 2.75) is 13.8 Å². The number of nitriles is 1. The van der Waals surface area contributed by atoms with Gasteiger partial charge in [-0.3, -0.25) is 4.79 Å². The van der Waals surface area contributed by atoms with Crippen molar-refractivity contribution in [2.24, 2.45) is 0 Å². The molecule has 0 saturated carbocycles. The molecule has 0 N–H and O–H groups in total. The number of ketones is 1. The summed E-state index contributed by atoms with van der Waals surface area (Å²) in [5.74, 6) is 0.347. The van der Waals surface area contributed by atoms with E-state index in [0.29, 0.717) is 15.7 Å². The summed E-state index contributed by atoms with van der Waals surface area (Å²) < 4.78 is 2.13. The van der Waals surface area contributed by atoms with Crippen LogP contribution in [0.2, 0.25) is 0 Å². The number of aromatic nitrogens is 1. The average molecular weight is 264 g/mol. The molecule has 0 aliphatic rings. The van der Waals surface area contributed by atoms with Crippen molar-refractivity contribution in [2.75, 3.05) is 5.75 Å². The molecule has 0 fully saturated rings. The van der Waals surface area contributed by atoms with Crippen molar-refractivity contribution in [3.63, 3.8) is 0 Å². The SMILES string of the molecule is CC(=O)CSC([S-])=C(C#N)[n+]1cccc(C)c1. The van der Waals surface area contributed by atoms with E-state index >= 15 is 0 Å². The molecule has 0 spiro atoms. The number of rotatable bonds is 4. The molecule has 0 aromatic carbocycles. The van der Waals surface area contributed by atoms with Gasteiger partial charge in [-0.1, -0.05) is 4.24 Å². The van der Waals surface area contributed by atoms with E-state index in [9.17, 15) is 4.79 Å². The fourth-order valence-corrected chi connectivity index (χ4v) is 2.13. The smallest absolute Gasteiger partial charge is 0.275 e. The molecule has 88 valence electrons. The Morgan fingerprint density at radius 3 is 2.88 bits per heavy atom. The number of allylic oxidation sites excluding steroid dienone is 1. The standard InChI is InChI=1S/C12H12N2OS2/c1-9-4-3-5-14(7-9)11(6-13)12(16)17-8-10(2)15/h3-5,7H,8H2,1-2H3. The van der Waals surface area contributed by atoms with Gasteiger partial charge >= 0.3 is 0 Å². The highest BCUT2D eigenvalue weighted by atomic mass is 32.2. The number of nitrogens with zero attached hydrogens (tertiary/aromatic N) is 2. The van der Waals surface area contributed by atoms with Gasteiger partial charge in [0.05, 0.1) is 5.75 Å². The highest BCUT2D eigenvalue weighted by Crippen LogP contribution is 2.17. The molecule has 0 bridgehead atoms. The summed E-state index contributed by atoms with van der Waals surface area (Å²) in [5, 5.41) is 9.11. The molecule has 1 heterocycles. The molecule has 0 saturated heterocycles.